The van der Waals surface area contributed by atoms with Gasteiger partial charge in [0.15, 0.2) is 17.1 Å². The van der Waals surface area contributed by atoms with Crippen molar-refractivity contribution in [1.82, 2.24) is 24.5 Å². The standard InChI is InChI=1S/C17H20N6O4S/c1-4-22-16(12(2)27-15-7-5-14(26-3)6-8-15)19-20-17(22)28-11-21-10-13(9-18-21)23(24)25/h5-10,12H,4,11H2,1-3H3. The molecule has 0 radical (unpaired) electrons. The zero-order valence-electron chi connectivity index (χ0n) is 15.7. The van der Waals surface area contributed by atoms with E-state index >= 15 is 0 Å². The van der Waals surface area contributed by atoms with Crippen molar-refractivity contribution in [2.45, 2.75) is 37.5 Å². The zero-order valence-corrected chi connectivity index (χ0v) is 16.5. The van der Waals surface area contributed by atoms with Crippen LogP contribution in [0, 0.1) is 10.1 Å². The third kappa shape index (κ3) is 4.42. The summed E-state index contributed by atoms with van der Waals surface area (Å²) in [5.41, 5.74) is -0.0419. The van der Waals surface area contributed by atoms with E-state index in [4.69, 9.17) is 9.47 Å². The lowest BCUT2D eigenvalue weighted by atomic mass is 10.3. The van der Waals surface area contributed by atoms with Crippen molar-refractivity contribution >= 4 is 17.4 Å². The summed E-state index contributed by atoms with van der Waals surface area (Å²) in [6.45, 7) is 4.57. The minimum Gasteiger partial charge on any atom is -0.497 e. The SMILES string of the molecule is CCn1c(SCn2cc([N+](=O)[O-])cn2)nnc1C(C)Oc1ccc(OC)cc1. The molecule has 3 aromatic rings. The van der Waals surface area contributed by atoms with Crippen LogP contribution in [0.15, 0.2) is 41.8 Å². The number of hydrogen-bond donors (Lipinski definition) is 0. The smallest absolute Gasteiger partial charge is 0.307 e. The molecule has 3 rings (SSSR count). The Hall–Kier alpha value is -3.08. The van der Waals surface area contributed by atoms with Crippen LogP contribution in [-0.4, -0.2) is 36.6 Å². The summed E-state index contributed by atoms with van der Waals surface area (Å²) in [5, 5.41) is 23.9. The van der Waals surface area contributed by atoms with Gasteiger partial charge in [0.2, 0.25) is 0 Å². The van der Waals surface area contributed by atoms with E-state index in [9.17, 15) is 10.1 Å². The molecular weight excluding hydrogens is 384 g/mol. The predicted octanol–water partition coefficient (Wildman–Crippen LogP) is 3.30. The maximum atomic E-state index is 10.8. The van der Waals surface area contributed by atoms with E-state index in [-0.39, 0.29) is 11.8 Å². The van der Waals surface area contributed by atoms with E-state index in [0.717, 1.165) is 5.75 Å². The Balaban J connectivity index is 1.68. The van der Waals surface area contributed by atoms with Crippen molar-refractivity contribution in [3.05, 3.63) is 52.6 Å². The monoisotopic (exact) mass is 404 g/mol. The van der Waals surface area contributed by atoms with Crippen molar-refractivity contribution < 1.29 is 14.4 Å². The van der Waals surface area contributed by atoms with Crippen LogP contribution in [0.25, 0.3) is 0 Å². The van der Waals surface area contributed by atoms with Gasteiger partial charge in [-0.15, -0.1) is 10.2 Å². The second-order valence-corrected chi connectivity index (χ2v) is 6.70. The summed E-state index contributed by atoms with van der Waals surface area (Å²) in [4.78, 5) is 10.3. The molecule has 0 fully saturated rings. The van der Waals surface area contributed by atoms with Gasteiger partial charge >= 0.3 is 5.69 Å². The molecule has 0 aliphatic carbocycles. The van der Waals surface area contributed by atoms with Gasteiger partial charge in [0.1, 0.15) is 23.9 Å². The second kappa shape index (κ2) is 8.74. The number of rotatable bonds is 9. The molecule has 10 nitrogen and oxygen atoms in total. The molecule has 1 atom stereocenters. The Morgan fingerprint density at radius 1 is 1.25 bits per heavy atom. The lowest BCUT2D eigenvalue weighted by Crippen LogP contribution is -2.12. The number of nitro groups is 1. The topological polar surface area (TPSA) is 110 Å². The number of benzene rings is 1. The highest BCUT2D eigenvalue weighted by molar-refractivity contribution is 7.98. The van der Waals surface area contributed by atoms with Gasteiger partial charge in [-0.2, -0.15) is 5.10 Å². The molecule has 0 N–H and O–H groups in total. The molecule has 0 amide bonds. The molecule has 28 heavy (non-hydrogen) atoms. The number of hydrogen-bond acceptors (Lipinski definition) is 8. The number of methoxy groups -OCH3 is 1. The first-order valence-corrected chi connectivity index (χ1v) is 9.53. The molecule has 0 spiro atoms. The molecule has 0 aliphatic heterocycles. The molecule has 148 valence electrons. The van der Waals surface area contributed by atoms with Crippen LogP contribution >= 0.6 is 11.8 Å². The van der Waals surface area contributed by atoms with Crippen molar-refractivity contribution in [2.24, 2.45) is 0 Å². The Morgan fingerprint density at radius 3 is 2.57 bits per heavy atom. The molecule has 0 aliphatic rings. The summed E-state index contributed by atoms with van der Waals surface area (Å²) in [7, 11) is 1.61. The first-order chi connectivity index (χ1) is 13.5. The molecule has 0 saturated heterocycles. The van der Waals surface area contributed by atoms with Gasteiger partial charge in [-0.25, -0.2) is 0 Å². The number of aromatic nitrogens is 5. The molecule has 1 unspecified atom stereocenters. The molecule has 2 aromatic heterocycles. The van der Waals surface area contributed by atoms with Gasteiger partial charge in [0.05, 0.1) is 17.9 Å². The highest BCUT2D eigenvalue weighted by Gasteiger charge is 2.19. The van der Waals surface area contributed by atoms with Gasteiger partial charge in [-0.05, 0) is 38.1 Å². The third-order valence-electron chi connectivity index (χ3n) is 3.95. The lowest BCUT2D eigenvalue weighted by Gasteiger charge is -2.15. The van der Waals surface area contributed by atoms with Gasteiger partial charge in [0.25, 0.3) is 0 Å². The number of thioether (sulfide) groups is 1. The lowest BCUT2D eigenvalue weighted by molar-refractivity contribution is -0.385. The Bertz CT molecular complexity index is 940. The largest absolute Gasteiger partial charge is 0.497 e. The average Bonchev–Trinajstić information content (AvgIpc) is 3.33. The maximum Gasteiger partial charge on any atom is 0.307 e. The van der Waals surface area contributed by atoms with E-state index in [1.54, 1.807) is 7.11 Å². The summed E-state index contributed by atoms with van der Waals surface area (Å²) in [5.74, 6) is 2.55. The quantitative estimate of drug-likeness (QED) is 0.303. The molecule has 0 bridgehead atoms. The first-order valence-electron chi connectivity index (χ1n) is 8.55. The van der Waals surface area contributed by atoms with Crippen LogP contribution in [0.4, 0.5) is 5.69 Å². The molecular formula is C17H20N6O4S. The van der Waals surface area contributed by atoms with Crippen LogP contribution in [0.3, 0.4) is 0 Å². The van der Waals surface area contributed by atoms with Crippen molar-refractivity contribution in [3.8, 4) is 11.5 Å². The summed E-state index contributed by atoms with van der Waals surface area (Å²) < 4.78 is 14.6. The third-order valence-corrected chi connectivity index (χ3v) is 4.91. The van der Waals surface area contributed by atoms with Crippen molar-refractivity contribution in [3.63, 3.8) is 0 Å². The number of nitrogens with zero attached hydrogens (tertiary/aromatic N) is 6. The Kier molecular flexibility index (Phi) is 6.14. The molecule has 0 saturated carbocycles. The maximum absolute atomic E-state index is 10.8. The summed E-state index contributed by atoms with van der Waals surface area (Å²) in [6, 6.07) is 7.33. The molecule has 2 heterocycles. The highest BCUT2D eigenvalue weighted by Crippen LogP contribution is 2.26. The van der Waals surface area contributed by atoms with Crippen molar-refractivity contribution in [2.75, 3.05) is 7.11 Å². The fourth-order valence-corrected chi connectivity index (χ4v) is 3.42. The van der Waals surface area contributed by atoms with Gasteiger partial charge in [0, 0.05) is 6.54 Å². The van der Waals surface area contributed by atoms with Gasteiger partial charge < -0.3 is 14.0 Å². The van der Waals surface area contributed by atoms with Crippen molar-refractivity contribution in [1.29, 1.82) is 0 Å². The van der Waals surface area contributed by atoms with E-state index in [1.165, 1.54) is 28.8 Å². The first kappa shape index (κ1) is 19.7. The normalized spacial score (nSPS) is 12.0. The van der Waals surface area contributed by atoms with Gasteiger partial charge in [-0.1, -0.05) is 11.8 Å². The minimum atomic E-state index is -0.473. The van der Waals surface area contributed by atoms with E-state index in [0.29, 0.717) is 29.2 Å². The highest BCUT2D eigenvalue weighted by atomic mass is 32.2. The van der Waals surface area contributed by atoms with E-state index in [2.05, 4.69) is 15.3 Å². The van der Waals surface area contributed by atoms with Crippen LogP contribution in [0.1, 0.15) is 25.8 Å². The van der Waals surface area contributed by atoms with Crippen LogP contribution in [0.2, 0.25) is 0 Å². The average molecular weight is 404 g/mol. The fraction of sp³-hybridized carbons (Fsp3) is 0.353. The molecule has 1 aromatic carbocycles. The second-order valence-electron chi connectivity index (χ2n) is 5.79. The number of ether oxygens (including phenoxy) is 2. The van der Waals surface area contributed by atoms with Gasteiger partial charge in [-0.3, -0.25) is 14.8 Å². The molecule has 11 heteroatoms. The Labute approximate surface area is 165 Å². The van der Waals surface area contributed by atoms with E-state index < -0.39 is 4.92 Å². The van der Waals surface area contributed by atoms with Crippen LogP contribution in [-0.2, 0) is 12.4 Å². The Morgan fingerprint density at radius 2 is 1.96 bits per heavy atom. The minimum absolute atomic E-state index is 0.0419. The van der Waals surface area contributed by atoms with Crippen LogP contribution in [0.5, 0.6) is 11.5 Å². The fourth-order valence-electron chi connectivity index (χ4n) is 2.56. The van der Waals surface area contributed by atoms with E-state index in [1.807, 2.05) is 42.7 Å². The summed E-state index contributed by atoms with van der Waals surface area (Å²) in [6.07, 6.45) is 2.30. The summed E-state index contributed by atoms with van der Waals surface area (Å²) >= 11 is 1.39. The zero-order chi connectivity index (χ0) is 20.1. The van der Waals surface area contributed by atoms with Crippen LogP contribution < -0.4 is 9.47 Å². The predicted molar refractivity (Wildman–Crippen MR) is 102 cm³/mol.